The number of methoxy groups -OCH3 is 1. The summed E-state index contributed by atoms with van der Waals surface area (Å²) in [6.45, 7) is 4.57. The fraction of sp³-hybridized carbons (Fsp3) is 0.680. The lowest BCUT2D eigenvalue weighted by atomic mass is 9.83. The standard InChI is InChI=1S/C25H41N2OP/c1-6-7-8-11-20-16-22(18-29(27(3)4)26-23-13-14-23)25(24(17-20)28-5)21-12-9-10-19(2)15-21/h15-17,21,23,26H,6-14,18H2,1-5H3. The first kappa shape index (κ1) is 22.8. The first-order valence-corrected chi connectivity index (χ1v) is 13.1. The minimum absolute atomic E-state index is 0.360. The topological polar surface area (TPSA) is 24.5 Å². The molecule has 29 heavy (non-hydrogen) atoms. The molecule has 2 unspecified atom stereocenters. The lowest BCUT2D eigenvalue weighted by Gasteiger charge is -2.30. The van der Waals surface area contributed by atoms with Gasteiger partial charge in [0, 0.05) is 31.9 Å². The quantitative estimate of drug-likeness (QED) is 0.245. The SMILES string of the molecule is CCCCCc1cc(CP(NC2CC2)N(C)C)c(C2C=C(C)CCC2)c(OC)c1. The smallest absolute Gasteiger partial charge is 0.123 e. The molecular weight excluding hydrogens is 375 g/mol. The molecule has 0 heterocycles. The maximum absolute atomic E-state index is 6.00. The first-order chi connectivity index (χ1) is 14.0. The molecule has 1 aromatic rings. The number of rotatable bonds is 11. The Morgan fingerprint density at radius 1 is 1.17 bits per heavy atom. The highest BCUT2D eigenvalue weighted by Gasteiger charge is 2.28. The van der Waals surface area contributed by atoms with Gasteiger partial charge in [0.15, 0.2) is 0 Å². The molecule has 2 aliphatic rings. The molecule has 1 N–H and O–H groups in total. The van der Waals surface area contributed by atoms with Crippen molar-refractivity contribution in [3.8, 4) is 5.75 Å². The van der Waals surface area contributed by atoms with Gasteiger partial charge in [0.1, 0.15) is 5.75 Å². The average Bonchev–Trinajstić information content (AvgIpc) is 3.51. The van der Waals surface area contributed by atoms with Crippen molar-refractivity contribution in [2.24, 2.45) is 0 Å². The van der Waals surface area contributed by atoms with Crippen LogP contribution in [0.15, 0.2) is 23.8 Å². The molecule has 0 radical (unpaired) electrons. The summed E-state index contributed by atoms with van der Waals surface area (Å²) in [6, 6.07) is 5.58. The van der Waals surface area contributed by atoms with Crippen LogP contribution in [0.5, 0.6) is 5.75 Å². The molecule has 1 saturated carbocycles. The van der Waals surface area contributed by atoms with Crippen LogP contribution in [0, 0.1) is 0 Å². The van der Waals surface area contributed by atoms with Gasteiger partial charge in [-0.3, -0.25) is 9.76 Å². The van der Waals surface area contributed by atoms with Gasteiger partial charge in [0.25, 0.3) is 0 Å². The predicted molar refractivity (Wildman–Crippen MR) is 127 cm³/mol. The highest BCUT2D eigenvalue weighted by Crippen LogP contribution is 2.46. The van der Waals surface area contributed by atoms with Gasteiger partial charge in [-0.2, -0.15) is 0 Å². The van der Waals surface area contributed by atoms with Crippen molar-refractivity contribution < 1.29 is 4.74 Å². The highest BCUT2D eigenvalue weighted by atomic mass is 31.1. The molecule has 0 saturated heterocycles. The maximum atomic E-state index is 6.00. The summed E-state index contributed by atoms with van der Waals surface area (Å²) >= 11 is 0. The monoisotopic (exact) mass is 416 g/mol. The van der Waals surface area contributed by atoms with Gasteiger partial charge in [-0.1, -0.05) is 37.5 Å². The normalized spacial score (nSPS) is 20.6. The van der Waals surface area contributed by atoms with Crippen LogP contribution in [0.3, 0.4) is 0 Å². The van der Waals surface area contributed by atoms with Crippen molar-refractivity contribution in [1.29, 1.82) is 0 Å². The molecule has 0 bridgehead atoms. The lowest BCUT2D eigenvalue weighted by Crippen LogP contribution is -2.21. The third-order valence-corrected chi connectivity index (χ3v) is 8.50. The number of hydrogen-bond donors (Lipinski definition) is 1. The number of allylic oxidation sites excluding steroid dienone is 2. The van der Waals surface area contributed by atoms with E-state index < -0.39 is 0 Å². The van der Waals surface area contributed by atoms with Crippen molar-refractivity contribution in [2.45, 2.75) is 89.8 Å². The fourth-order valence-electron chi connectivity index (χ4n) is 4.42. The van der Waals surface area contributed by atoms with Gasteiger partial charge in [-0.15, -0.1) is 0 Å². The van der Waals surface area contributed by atoms with Gasteiger partial charge in [0.2, 0.25) is 0 Å². The number of ether oxygens (including phenoxy) is 1. The zero-order valence-corrected chi connectivity index (χ0v) is 20.2. The molecule has 1 aromatic carbocycles. The van der Waals surface area contributed by atoms with Gasteiger partial charge in [-0.05, 0) is 83.2 Å². The lowest BCUT2D eigenvalue weighted by molar-refractivity contribution is 0.404. The maximum Gasteiger partial charge on any atom is 0.123 e. The van der Waals surface area contributed by atoms with Crippen LogP contribution in [0.1, 0.15) is 87.8 Å². The summed E-state index contributed by atoms with van der Waals surface area (Å²) in [5.41, 5.74) is 5.95. The summed E-state index contributed by atoms with van der Waals surface area (Å²) < 4.78 is 8.41. The molecule has 3 rings (SSSR count). The van der Waals surface area contributed by atoms with Crippen molar-refractivity contribution in [2.75, 3.05) is 21.2 Å². The van der Waals surface area contributed by atoms with Gasteiger partial charge in [-0.25, -0.2) is 0 Å². The van der Waals surface area contributed by atoms with E-state index in [2.05, 4.69) is 55.9 Å². The van der Waals surface area contributed by atoms with E-state index in [1.807, 2.05) is 7.11 Å². The summed E-state index contributed by atoms with van der Waals surface area (Å²) in [7, 11) is 5.96. The van der Waals surface area contributed by atoms with E-state index in [1.165, 1.54) is 73.6 Å². The number of nitrogens with zero attached hydrogens (tertiary/aromatic N) is 1. The molecule has 0 spiro atoms. The molecular formula is C25H41N2OP. The van der Waals surface area contributed by atoms with Crippen molar-refractivity contribution in [1.82, 2.24) is 9.76 Å². The number of unbranched alkanes of at least 4 members (excludes halogenated alkanes) is 2. The zero-order chi connectivity index (χ0) is 20.8. The van der Waals surface area contributed by atoms with E-state index in [0.717, 1.165) is 24.4 Å². The number of aryl methyl sites for hydroxylation is 1. The molecule has 162 valence electrons. The second-order valence-electron chi connectivity index (χ2n) is 9.15. The zero-order valence-electron chi connectivity index (χ0n) is 19.3. The van der Waals surface area contributed by atoms with Crippen LogP contribution < -0.4 is 9.82 Å². The highest BCUT2D eigenvalue weighted by molar-refractivity contribution is 7.52. The Hall–Kier alpha value is -0.890. The molecule has 2 atom stereocenters. The minimum atomic E-state index is -0.360. The third kappa shape index (κ3) is 6.54. The van der Waals surface area contributed by atoms with E-state index in [9.17, 15) is 0 Å². The van der Waals surface area contributed by atoms with Gasteiger partial charge in [0.05, 0.1) is 7.11 Å². The Balaban J connectivity index is 1.95. The van der Waals surface area contributed by atoms with Gasteiger partial charge < -0.3 is 4.74 Å². The summed E-state index contributed by atoms with van der Waals surface area (Å²) in [6.07, 6.45) is 15.1. The van der Waals surface area contributed by atoms with Crippen LogP contribution in [-0.4, -0.2) is 31.9 Å². The molecule has 3 nitrogen and oxygen atoms in total. The van der Waals surface area contributed by atoms with E-state index in [-0.39, 0.29) is 8.22 Å². The van der Waals surface area contributed by atoms with E-state index in [0.29, 0.717) is 5.92 Å². The predicted octanol–water partition coefficient (Wildman–Crippen LogP) is 6.77. The molecule has 0 aromatic heterocycles. The number of hydrogen-bond acceptors (Lipinski definition) is 3. The van der Waals surface area contributed by atoms with Crippen LogP contribution >= 0.6 is 8.22 Å². The number of benzene rings is 1. The van der Waals surface area contributed by atoms with Crippen molar-refractivity contribution >= 4 is 8.22 Å². The Kier molecular flexibility index (Phi) is 8.59. The Morgan fingerprint density at radius 2 is 1.97 bits per heavy atom. The summed E-state index contributed by atoms with van der Waals surface area (Å²) in [4.78, 5) is 0. The van der Waals surface area contributed by atoms with Crippen LogP contribution in [0.4, 0.5) is 0 Å². The molecule has 1 fully saturated rings. The molecule has 0 amide bonds. The Bertz CT molecular complexity index is 696. The Labute approximate surface area is 180 Å². The van der Waals surface area contributed by atoms with E-state index in [1.54, 1.807) is 0 Å². The van der Waals surface area contributed by atoms with Crippen LogP contribution in [0.2, 0.25) is 0 Å². The third-order valence-electron chi connectivity index (χ3n) is 6.23. The van der Waals surface area contributed by atoms with E-state index in [4.69, 9.17) is 4.74 Å². The summed E-state index contributed by atoms with van der Waals surface area (Å²) in [5, 5.41) is 3.92. The van der Waals surface area contributed by atoms with Crippen molar-refractivity contribution in [3.63, 3.8) is 0 Å². The largest absolute Gasteiger partial charge is 0.496 e. The Morgan fingerprint density at radius 3 is 2.59 bits per heavy atom. The molecule has 4 heteroatoms. The van der Waals surface area contributed by atoms with Crippen molar-refractivity contribution in [3.05, 3.63) is 40.5 Å². The average molecular weight is 417 g/mol. The van der Waals surface area contributed by atoms with E-state index >= 15 is 0 Å². The first-order valence-electron chi connectivity index (χ1n) is 11.6. The van der Waals surface area contributed by atoms with Crippen LogP contribution in [-0.2, 0) is 12.6 Å². The second-order valence-corrected chi connectivity index (χ2v) is 11.3. The molecule has 2 aliphatic carbocycles. The summed E-state index contributed by atoms with van der Waals surface area (Å²) in [5.74, 6) is 1.61. The van der Waals surface area contributed by atoms with Crippen LogP contribution in [0.25, 0.3) is 0 Å². The minimum Gasteiger partial charge on any atom is -0.496 e. The fourth-order valence-corrected chi connectivity index (χ4v) is 6.29. The second kappa shape index (κ2) is 10.9. The molecule has 0 aliphatic heterocycles. The van der Waals surface area contributed by atoms with Gasteiger partial charge >= 0.3 is 0 Å². The number of nitrogens with one attached hydrogen (secondary N) is 1.